The van der Waals surface area contributed by atoms with Crippen molar-refractivity contribution in [3.63, 3.8) is 0 Å². The van der Waals surface area contributed by atoms with E-state index in [2.05, 4.69) is 209 Å². The van der Waals surface area contributed by atoms with Crippen LogP contribution in [0.15, 0.2) is 176 Å². The zero-order valence-electron chi connectivity index (χ0n) is 30.7. The Morgan fingerprint density at radius 3 is 1.28 bits per heavy atom. The van der Waals surface area contributed by atoms with Gasteiger partial charge in [0.2, 0.25) is 0 Å². The van der Waals surface area contributed by atoms with Crippen LogP contribution in [0.3, 0.4) is 0 Å². The van der Waals surface area contributed by atoms with E-state index in [1.165, 1.54) is 77.5 Å². The van der Waals surface area contributed by atoms with Crippen molar-refractivity contribution in [3.05, 3.63) is 198 Å². The fourth-order valence-corrected chi connectivity index (χ4v) is 9.56. The van der Waals surface area contributed by atoms with Crippen molar-refractivity contribution in [1.29, 1.82) is 0 Å². The topological polar surface area (TPSA) is 3.24 Å². The van der Waals surface area contributed by atoms with Crippen LogP contribution < -0.4 is 4.90 Å². The third kappa shape index (κ3) is 4.77. The minimum atomic E-state index is -0.103. The van der Waals surface area contributed by atoms with Gasteiger partial charge in [-0.3, -0.25) is 0 Å². The van der Waals surface area contributed by atoms with Gasteiger partial charge in [0.25, 0.3) is 0 Å². The Bertz CT molecular complexity index is 2590. The first-order valence-electron chi connectivity index (χ1n) is 18.8. The summed E-state index contributed by atoms with van der Waals surface area (Å²) >= 11 is 0. The zero-order chi connectivity index (χ0) is 35.9. The highest BCUT2D eigenvalue weighted by Crippen LogP contribution is 2.54. The van der Waals surface area contributed by atoms with Crippen molar-refractivity contribution < 1.29 is 0 Å². The smallest absolute Gasteiger partial charge is 0.0468 e. The van der Waals surface area contributed by atoms with Gasteiger partial charge in [-0.25, -0.2) is 0 Å². The summed E-state index contributed by atoms with van der Waals surface area (Å²) in [6.07, 6.45) is 0. The third-order valence-electron chi connectivity index (χ3n) is 12.0. The van der Waals surface area contributed by atoms with Crippen molar-refractivity contribution in [3.8, 4) is 44.5 Å². The maximum absolute atomic E-state index is 2.44. The number of nitrogens with zero attached hydrogens (tertiary/aromatic N) is 1. The molecule has 1 nitrogen and oxygen atoms in total. The van der Waals surface area contributed by atoms with Gasteiger partial charge in [0, 0.05) is 27.9 Å². The lowest BCUT2D eigenvalue weighted by molar-refractivity contribution is 0.662. The van der Waals surface area contributed by atoms with E-state index in [4.69, 9.17) is 0 Å². The van der Waals surface area contributed by atoms with E-state index < -0.39 is 0 Å². The van der Waals surface area contributed by atoms with Crippen molar-refractivity contribution >= 4 is 27.8 Å². The molecule has 254 valence electrons. The van der Waals surface area contributed by atoms with E-state index in [1.807, 2.05) is 0 Å². The van der Waals surface area contributed by atoms with Crippen LogP contribution in [-0.2, 0) is 10.8 Å². The van der Waals surface area contributed by atoms with Crippen LogP contribution in [0, 0.1) is 0 Å². The minimum Gasteiger partial charge on any atom is -0.310 e. The van der Waals surface area contributed by atoms with Crippen molar-refractivity contribution in [2.45, 2.75) is 38.5 Å². The molecule has 0 aliphatic heterocycles. The lowest BCUT2D eigenvalue weighted by atomic mass is 9.79. The fraction of sp³-hybridized carbons (Fsp3) is 0.115. The first-order valence-corrected chi connectivity index (χ1v) is 18.8. The molecule has 0 radical (unpaired) electrons. The normalized spacial score (nSPS) is 14.3. The van der Waals surface area contributed by atoms with Gasteiger partial charge in [0.1, 0.15) is 0 Å². The van der Waals surface area contributed by atoms with Gasteiger partial charge in [-0.15, -0.1) is 0 Å². The molecule has 2 aliphatic carbocycles. The maximum Gasteiger partial charge on any atom is 0.0468 e. The molecule has 0 fully saturated rings. The van der Waals surface area contributed by atoms with Crippen LogP contribution >= 0.6 is 0 Å². The van der Waals surface area contributed by atoms with E-state index in [-0.39, 0.29) is 10.8 Å². The predicted octanol–water partition coefficient (Wildman–Crippen LogP) is 14.3. The molecule has 0 atom stereocenters. The summed E-state index contributed by atoms with van der Waals surface area (Å²) in [6.45, 7) is 9.49. The van der Waals surface area contributed by atoms with Crippen LogP contribution in [0.2, 0.25) is 0 Å². The SMILES string of the molecule is CC1(C)c2ccccc2-c2cccc(-c3cccc(N(c4cccc(-c5cccc6c5C(C)(C)c5ccccc5-6)c4)c4ccc5ccccc5c4)c3)c21. The Hall–Kier alpha value is -6.18. The van der Waals surface area contributed by atoms with Crippen molar-refractivity contribution in [1.82, 2.24) is 0 Å². The van der Waals surface area contributed by atoms with Gasteiger partial charge >= 0.3 is 0 Å². The van der Waals surface area contributed by atoms with Crippen molar-refractivity contribution in [2.75, 3.05) is 4.90 Å². The molecule has 0 amide bonds. The summed E-state index contributed by atoms with van der Waals surface area (Å²) in [4.78, 5) is 2.44. The average Bonchev–Trinajstić information content (AvgIpc) is 3.58. The van der Waals surface area contributed by atoms with Gasteiger partial charge in [0.05, 0.1) is 0 Å². The highest BCUT2D eigenvalue weighted by molar-refractivity contribution is 5.93. The van der Waals surface area contributed by atoms with Crippen LogP contribution in [0.25, 0.3) is 55.3 Å². The van der Waals surface area contributed by atoms with Gasteiger partial charge in [-0.2, -0.15) is 0 Å². The summed E-state index contributed by atoms with van der Waals surface area (Å²) in [7, 11) is 0. The second-order valence-corrected chi connectivity index (χ2v) is 15.8. The lowest BCUT2D eigenvalue weighted by Crippen LogP contribution is -2.16. The molecule has 0 aromatic heterocycles. The first-order chi connectivity index (χ1) is 25.8. The Morgan fingerprint density at radius 2 is 0.736 bits per heavy atom. The van der Waals surface area contributed by atoms with Gasteiger partial charge < -0.3 is 4.90 Å². The third-order valence-corrected chi connectivity index (χ3v) is 12.0. The van der Waals surface area contributed by atoms with Gasteiger partial charge in [-0.1, -0.05) is 167 Å². The van der Waals surface area contributed by atoms with Crippen LogP contribution in [0.5, 0.6) is 0 Å². The molecule has 0 saturated carbocycles. The fourth-order valence-electron chi connectivity index (χ4n) is 9.56. The molecule has 0 unspecified atom stereocenters. The standard InChI is InChI=1S/C52H41N/c1-51(2)47-27-9-7-21-43(47)45-25-13-23-41(49(45)51)36-17-11-19-38(32-36)53(40-30-29-34-15-5-6-16-35(34)31-40)39-20-12-18-37(33-39)42-24-14-26-46-44-22-8-10-28-48(44)52(3,4)50(42)46/h5-33H,1-4H3. The molecule has 8 aromatic carbocycles. The predicted molar refractivity (Wildman–Crippen MR) is 225 cm³/mol. The minimum absolute atomic E-state index is 0.103. The summed E-state index contributed by atoms with van der Waals surface area (Å²) in [5.74, 6) is 0. The highest BCUT2D eigenvalue weighted by atomic mass is 15.1. The molecule has 8 aromatic rings. The van der Waals surface area contributed by atoms with E-state index in [1.54, 1.807) is 0 Å². The highest BCUT2D eigenvalue weighted by Gasteiger charge is 2.38. The Morgan fingerprint density at radius 1 is 0.321 bits per heavy atom. The molecular weight excluding hydrogens is 639 g/mol. The first kappa shape index (κ1) is 31.5. The van der Waals surface area contributed by atoms with E-state index in [0.29, 0.717) is 0 Å². The van der Waals surface area contributed by atoms with Gasteiger partial charge in [0.15, 0.2) is 0 Å². The van der Waals surface area contributed by atoms with Gasteiger partial charge in [-0.05, 0) is 114 Å². The maximum atomic E-state index is 2.44. The quantitative estimate of drug-likeness (QED) is 0.175. The van der Waals surface area contributed by atoms with E-state index in [9.17, 15) is 0 Å². The molecule has 0 saturated heterocycles. The van der Waals surface area contributed by atoms with E-state index in [0.717, 1.165) is 17.1 Å². The number of rotatable bonds is 5. The summed E-state index contributed by atoms with van der Waals surface area (Å²) in [5, 5.41) is 2.46. The largest absolute Gasteiger partial charge is 0.310 e. The number of benzene rings is 8. The number of hydrogen-bond donors (Lipinski definition) is 0. The zero-order valence-corrected chi connectivity index (χ0v) is 30.7. The molecule has 53 heavy (non-hydrogen) atoms. The Kier molecular flexibility index (Phi) is 6.94. The molecule has 10 rings (SSSR count). The molecule has 1 heteroatoms. The Balaban J connectivity index is 1.15. The molecule has 0 bridgehead atoms. The summed E-state index contributed by atoms with van der Waals surface area (Å²) in [5.41, 5.74) is 19.2. The molecule has 0 spiro atoms. The Labute approximate surface area is 312 Å². The molecule has 2 aliphatic rings. The van der Waals surface area contributed by atoms with Crippen LogP contribution in [0.4, 0.5) is 17.1 Å². The monoisotopic (exact) mass is 679 g/mol. The molecular formula is C52H41N. The second kappa shape index (κ2) is 11.7. The number of fused-ring (bicyclic) bond motifs is 7. The number of anilines is 3. The van der Waals surface area contributed by atoms with Crippen LogP contribution in [0.1, 0.15) is 49.9 Å². The van der Waals surface area contributed by atoms with Crippen molar-refractivity contribution in [2.24, 2.45) is 0 Å². The number of hydrogen-bond acceptors (Lipinski definition) is 1. The summed E-state index contributed by atoms with van der Waals surface area (Å²) < 4.78 is 0. The molecule has 0 N–H and O–H groups in total. The lowest BCUT2D eigenvalue weighted by Gasteiger charge is -2.28. The van der Waals surface area contributed by atoms with Crippen LogP contribution in [-0.4, -0.2) is 0 Å². The second-order valence-electron chi connectivity index (χ2n) is 15.8. The summed E-state index contributed by atoms with van der Waals surface area (Å²) in [6, 6.07) is 65.3. The average molecular weight is 680 g/mol. The van der Waals surface area contributed by atoms with E-state index >= 15 is 0 Å². The molecule has 0 heterocycles.